The first-order valence-corrected chi connectivity index (χ1v) is 10.8. The van der Waals surface area contributed by atoms with Crippen LogP contribution in [0.15, 0.2) is 48.7 Å². The molecule has 1 unspecified atom stereocenters. The number of hydrogen-bond acceptors (Lipinski definition) is 5. The van der Waals surface area contributed by atoms with E-state index in [1.165, 1.54) is 0 Å². The van der Waals surface area contributed by atoms with Crippen molar-refractivity contribution >= 4 is 17.7 Å². The van der Waals surface area contributed by atoms with E-state index in [-0.39, 0.29) is 30.1 Å². The van der Waals surface area contributed by atoms with Crippen LogP contribution >= 0.6 is 0 Å². The zero-order valence-corrected chi connectivity index (χ0v) is 18.8. The van der Waals surface area contributed by atoms with Gasteiger partial charge < -0.3 is 19.9 Å². The predicted octanol–water partition coefficient (Wildman–Crippen LogP) is 1.76. The smallest absolute Gasteiger partial charge is 0.251 e. The van der Waals surface area contributed by atoms with Crippen molar-refractivity contribution in [2.24, 2.45) is 5.92 Å². The normalized spacial score (nSPS) is 14.8. The Labute approximate surface area is 188 Å². The van der Waals surface area contributed by atoms with Crippen LogP contribution < -0.4 is 10.1 Å². The largest absolute Gasteiger partial charge is 0.497 e. The standard InChI is InChI=1S/C24H30N4O4/c1-17(2)22(26-23(30)18-7-9-20(32-3)10-8-18)24(31)28-14-12-27(13-15-28)21(29)16-19-6-4-5-11-25-19/h4-11,17,22H,12-16H2,1-3H3,(H,26,30). The average molecular weight is 439 g/mol. The number of piperazine rings is 1. The number of carbonyl (C=O) groups excluding carboxylic acids is 3. The minimum atomic E-state index is -0.639. The summed E-state index contributed by atoms with van der Waals surface area (Å²) in [5.41, 5.74) is 1.20. The number of ether oxygens (including phenoxy) is 1. The van der Waals surface area contributed by atoms with E-state index in [2.05, 4.69) is 10.3 Å². The Hall–Kier alpha value is -3.42. The number of methoxy groups -OCH3 is 1. The third-order valence-corrected chi connectivity index (χ3v) is 5.57. The quantitative estimate of drug-likeness (QED) is 0.711. The van der Waals surface area contributed by atoms with Gasteiger partial charge in [-0.2, -0.15) is 0 Å². The van der Waals surface area contributed by atoms with Gasteiger partial charge in [-0.3, -0.25) is 19.4 Å². The summed E-state index contributed by atoms with van der Waals surface area (Å²) >= 11 is 0. The van der Waals surface area contributed by atoms with E-state index < -0.39 is 6.04 Å². The van der Waals surface area contributed by atoms with Crippen LogP contribution in [0.3, 0.4) is 0 Å². The van der Waals surface area contributed by atoms with Crippen LogP contribution in [-0.4, -0.2) is 71.8 Å². The summed E-state index contributed by atoms with van der Waals surface area (Å²) in [6.07, 6.45) is 1.92. The minimum Gasteiger partial charge on any atom is -0.497 e. The molecule has 170 valence electrons. The molecule has 0 saturated carbocycles. The molecule has 2 aromatic rings. The number of rotatable bonds is 7. The first kappa shape index (κ1) is 23.2. The monoisotopic (exact) mass is 438 g/mol. The van der Waals surface area contributed by atoms with Crippen LogP contribution in [0, 0.1) is 5.92 Å². The van der Waals surface area contributed by atoms with Crippen molar-refractivity contribution in [3.8, 4) is 5.75 Å². The topological polar surface area (TPSA) is 91.8 Å². The number of benzene rings is 1. The molecule has 1 saturated heterocycles. The Kier molecular flexibility index (Phi) is 7.81. The van der Waals surface area contributed by atoms with Gasteiger partial charge in [0.05, 0.1) is 13.5 Å². The highest BCUT2D eigenvalue weighted by atomic mass is 16.5. The molecule has 0 spiro atoms. The van der Waals surface area contributed by atoms with Crippen LogP contribution in [0.2, 0.25) is 0 Å². The molecule has 3 rings (SSSR count). The molecule has 1 aliphatic rings. The Morgan fingerprint density at radius 1 is 1.00 bits per heavy atom. The molecule has 3 amide bonds. The summed E-state index contributed by atoms with van der Waals surface area (Å²) in [6, 6.07) is 11.6. The third-order valence-electron chi connectivity index (χ3n) is 5.57. The fourth-order valence-electron chi connectivity index (χ4n) is 3.62. The van der Waals surface area contributed by atoms with Crippen LogP contribution in [0.1, 0.15) is 29.9 Å². The highest BCUT2D eigenvalue weighted by molar-refractivity contribution is 5.97. The van der Waals surface area contributed by atoms with E-state index >= 15 is 0 Å². The lowest BCUT2D eigenvalue weighted by Crippen LogP contribution is -2.57. The molecule has 1 fully saturated rings. The molecule has 0 bridgehead atoms. The molecule has 1 aliphatic heterocycles. The van der Waals surface area contributed by atoms with Gasteiger partial charge in [-0.25, -0.2) is 0 Å². The molecular formula is C24H30N4O4. The summed E-state index contributed by atoms with van der Waals surface area (Å²) in [5.74, 6) is 0.161. The number of nitrogens with zero attached hydrogens (tertiary/aromatic N) is 3. The summed E-state index contributed by atoms with van der Waals surface area (Å²) in [6.45, 7) is 5.62. The lowest BCUT2D eigenvalue weighted by molar-refractivity contribution is -0.141. The molecule has 0 radical (unpaired) electrons. The maximum Gasteiger partial charge on any atom is 0.251 e. The molecular weight excluding hydrogens is 408 g/mol. The Balaban J connectivity index is 1.56. The second kappa shape index (κ2) is 10.7. The van der Waals surface area contributed by atoms with Gasteiger partial charge in [0.15, 0.2) is 0 Å². The first-order valence-electron chi connectivity index (χ1n) is 10.8. The summed E-state index contributed by atoms with van der Waals surface area (Å²) < 4.78 is 5.12. The molecule has 32 heavy (non-hydrogen) atoms. The SMILES string of the molecule is COc1ccc(C(=O)NC(C(=O)N2CCN(C(=O)Cc3ccccn3)CC2)C(C)C)cc1. The van der Waals surface area contributed by atoms with Crippen LogP contribution in [-0.2, 0) is 16.0 Å². The highest BCUT2D eigenvalue weighted by Gasteiger charge is 2.32. The fraction of sp³-hybridized carbons (Fsp3) is 0.417. The molecule has 1 aromatic heterocycles. The van der Waals surface area contributed by atoms with Crippen molar-refractivity contribution in [2.45, 2.75) is 26.3 Å². The van der Waals surface area contributed by atoms with E-state index in [1.807, 2.05) is 32.0 Å². The molecule has 1 N–H and O–H groups in total. The summed E-state index contributed by atoms with van der Waals surface area (Å²) in [5, 5.41) is 2.87. The van der Waals surface area contributed by atoms with Crippen molar-refractivity contribution in [1.29, 1.82) is 0 Å². The van der Waals surface area contributed by atoms with E-state index in [0.29, 0.717) is 37.5 Å². The Morgan fingerprint density at radius 2 is 1.66 bits per heavy atom. The van der Waals surface area contributed by atoms with Gasteiger partial charge in [0.25, 0.3) is 5.91 Å². The second-order valence-electron chi connectivity index (χ2n) is 8.13. The molecule has 0 aliphatic carbocycles. The molecule has 1 aromatic carbocycles. The van der Waals surface area contributed by atoms with E-state index in [9.17, 15) is 14.4 Å². The van der Waals surface area contributed by atoms with E-state index in [1.54, 1.807) is 47.4 Å². The Morgan fingerprint density at radius 3 is 2.22 bits per heavy atom. The van der Waals surface area contributed by atoms with Gasteiger partial charge in [-0.1, -0.05) is 19.9 Å². The fourth-order valence-corrected chi connectivity index (χ4v) is 3.62. The molecule has 1 atom stereocenters. The van der Waals surface area contributed by atoms with Gasteiger partial charge in [0.2, 0.25) is 11.8 Å². The zero-order chi connectivity index (χ0) is 23.1. The number of amides is 3. The van der Waals surface area contributed by atoms with Gasteiger partial charge in [-0.15, -0.1) is 0 Å². The number of aromatic nitrogens is 1. The number of nitrogens with one attached hydrogen (secondary N) is 1. The maximum atomic E-state index is 13.2. The lowest BCUT2D eigenvalue weighted by atomic mass is 10.0. The number of carbonyl (C=O) groups is 3. The molecule has 8 nitrogen and oxygen atoms in total. The van der Waals surface area contributed by atoms with Crippen molar-refractivity contribution < 1.29 is 19.1 Å². The van der Waals surface area contributed by atoms with E-state index in [0.717, 1.165) is 5.69 Å². The minimum absolute atomic E-state index is 0.00372. The summed E-state index contributed by atoms with van der Waals surface area (Å²) in [4.78, 5) is 46.1. The second-order valence-corrected chi connectivity index (χ2v) is 8.13. The summed E-state index contributed by atoms with van der Waals surface area (Å²) in [7, 11) is 1.56. The first-order chi connectivity index (χ1) is 15.4. The number of pyridine rings is 1. The van der Waals surface area contributed by atoms with Crippen molar-refractivity contribution in [3.05, 3.63) is 59.9 Å². The van der Waals surface area contributed by atoms with Crippen molar-refractivity contribution in [1.82, 2.24) is 20.1 Å². The van der Waals surface area contributed by atoms with Crippen LogP contribution in [0.5, 0.6) is 5.75 Å². The molecule has 8 heteroatoms. The van der Waals surface area contributed by atoms with Gasteiger partial charge in [-0.05, 0) is 42.3 Å². The highest BCUT2D eigenvalue weighted by Crippen LogP contribution is 2.14. The van der Waals surface area contributed by atoms with Crippen LogP contribution in [0.4, 0.5) is 0 Å². The predicted molar refractivity (Wildman–Crippen MR) is 120 cm³/mol. The lowest BCUT2D eigenvalue weighted by Gasteiger charge is -2.37. The van der Waals surface area contributed by atoms with Gasteiger partial charge in [0, 0.05) is 43.6 Å². The molecule has 2 heterocycles. The average Bonchev–Trinajstić information content (AvgIpc) is 2.82. The Bertz CT molecular complexity index is 923. The number of hydrogen-bond donors (Lipinski definition) is 1. The maximum absolute atomic E-state index is 13.2. The van der Waals surface area contributed by atoms with Gasteiger partial charge in [0.1, 0.15) is 11.8 Å². The van der Waals surface area contributed by atoms with Crippen molar-refractivity contribution in [3.63, 3.8) is 0 Å². The zero-order valence-electron chi connectivity index (χ0n) is 18.8. The van der Waals surface area contributed by atoms with Crippen molar-refractivity contribution in [2.75, 3.05) is 33.3 Å². The van der Waals surface area contributed by atoms with Gasteiger partial charge >= 0.3 is 0 Å². The van der Waals surface area contributed by atoms with Crippen LogP contribution in [0.25, 0.3) is 0 Å². The van der Waals surface area contributed by atoms with E-state index in [4.69, 9.17) is 4.74 Å². The third kappa shape index (κ3) is 5.84.